The number of nitrogens with one attached hydrogen (secondary N) is 1. The van der Waals surface area contributed by atoms with E-state index in [1.165, 1.54) is 0 Å². The first-order valence-corrected chi connectivity index (χ1v) is 8.21. The molecule has 1 N–H and O–H groups in total. The maximum absolute atomic E-state index is 5.94. The Morgan fingerprint density at radius 1 is 0.957 bits per heavy atom. The van der Waals surface area contributed by atoms with E-state index in [4.69, 9.17) is 12.2 Å². The fourth-order valence-corrected chi connectivity index (χ4v) is 3.72. The van der Waals surface area contributed by atoms with E-state index in [2.05, 4.69) is 53.3 Å². The Morgan fingerprint density at radius 2 is 1.43 bits per heavy atom. The number of nitrogens with zero attached hydrogens (tertiary/aromatic N) is 2. The fraction of sp³-hybridized carbons (Fsp3) is 0.263. The minimum absolute atomic E-state index is 0.239. The van der Waals surface area contributed by atoms with Gasteiger partial charge in [-0.1, -0.05) is 72.9 Å². The molecule has 0 spiro atoms. The summed E-state index contributed by atoms with van der Waals surface area (Å²) in [5.41, 5.74) is 1.69. The summed E-state index contributed by atoms with van der Waals surface area (Å²) in [5, 5.41) is 3.60. The van der Waals surface area contributed by atoms with Crippen molar-refractivity contribution >= 4 is 23.2 Å². The molecular formula is C19H21N3S. The lowest BCUT2D eigenvalue weighted by Crippen LogP contribution is -2.44. The van der Waals surface area contributed by atoms with E-state index in [1.807, 2.05) is 36.4 Å². The van der Waals surface area contributed by atoms with Gasteiger partial charge in [-0.05, 0) is 25.0 Å². The Bertz CT molecular complexity index is 683. The molecule has 1 fully saturated rings. The number of guanidine groups is 1. The quantitative estimate of drug-likeness (QED) is 0.875. The van der Waals surface area contributed by atoms with Crippen molar-refractivity contribution in [2.45, 2.75) is 25.4 Å². The van der Waals surface area contributed by atoms with Crippen LogP contribution in [-0.2, 0) is 5.54 Å². The molecule has 23 heavy (non-hydrogen) atoms. The monoisotopic (exact) mass is 323 g/mol. The average Bonchev–Trinajstić information content (AvgIpc) is 2.90. The molecule has 0 unspecified atom stereocenters. The lowest BCUT2D eigenvalue weighted by Gasteiger charge is -2.31. The van der Waals surface area contributed by atoms with E-state index in [-0.39, 0.29) is 6.04 Å². The van der Waals surface area contributed by atoms with E-state index < -0.39 is 5.54 Å². The van der Waals surface area contributed by atoms with E-state index in [1.54, 1.807) is 7.05 Å². The van der Waals surface area contributed by atoms with Crippen LogP contribution in [0, 0.1) is 0 Å². The Labute approximate surface area is 143 Å². The van der Waals surface area contributed by atoms with Gasteiger partial charge in [0.15, 0.2) is 5.96 Å². The van der Waals surface area contributed by atoms with Crippen LogP contribution in [0.15, 0.2) is 65.7 Å². The van der Waals surface area contributed by atoms with Gasteiger partial charge in [-0.2, -0.15) is 0 Å². The van der Waals surface area contributed by atoms with Crippen LogP contribution >= 0.6 is 12.2 Å². The highest BCUT2D eigenvalue weighted by atomic mass is 32.1. The second-order valence-corrected chi connectivity index (χ2v) is 6.31. The van der Waals surface area contributed by atoms with E-state index in [0.717, 1.165) is 22.1 Å². The van der Waals surface area contributed by atoms with Crippen molar-refractivity contribution in [3.05, 3.63) is 71.8 Å². The van der Waals surface area contributed by atoms with Gasteiger partial charge in [0, 0.05) is 13.1 Å². The van der Waals surface area contributed by atoms with Crippen LogP contribution in [0.5, 0.6) is 0 Å². The van der Waals surface area contributed by atoms with Crippen molar-refractivity contribution in [2.24, 2.45) is 4.99 Å². The van der Waals surface area contributed by atoms with Crippen LogP contribution in [-0.4, -0.2) is 28.9 Å². The molecule has 1 aliphatic heterocycles. The fourth-order valence-electron chi connectivity index (χ4n) is 3.14. The zero-order valence-electron chi connectivity index (χ0n) is 13.7. The second-order valence-electron chi connectivity index (χ2n) is 5.92. The zero-order chi connectivity index (χ0) is 16.4. The number of rotatable bonds is 3. The predicted molar refractivity (Wildman–Crippen MR) is 99.7 cm³/mol. The number of hydrogen-bond donors (Lipinski definition) is 1. The lowest BCUT2D eigenvalue weighted by atomic mass is 9.83. The first kappa shape index (κ1) is 15.7. The summed E-state index contributed by atoms with van der Waals surface area (Å²) >= 11 is 5.94. The maximum atomic E-state index is 5.94. The van der Waals surface area contributed by atoms with E-state index >= 15 is 0 Å². The van der Waals surface area contributed by atoms with Gasteiger partial charge in [0.25, 0.3) is 0 Å². The number of aliphatic imine (C=N–C) groups is 1. The number of benzene rings is 2. The van der Waals surface area contributed by atoms with Crippen LogP contribution in [0.2, 0.25) is 0 Å². The highest BCUT2D eigenvalue weighted by Gasteiger charge is 2.49. The first-order valence-electron chi connectivity index (χ1n) is 7.81. The van der Waals surface area contributed by atoms with Gasteiger partial charge >= 0.3 is 0 Å². The van der Waals surface area contributed by atoms with E-state index in [0.29, 0.717) is 0 Å². The van der Waals surface area contributed by atoms with Crippen LogP contribution in [0.3, 0.4) is 0 Å². The Kier molecular flexibility index (Phi) is 4.18. The molecule has 2 aromatic carbocycles. The van der Waals surface area contributed by atoms with Crippen LogP contribution in [0.4, 0.5) is 0 Å². The maximum Gasteiger partial charge on any atom is 0.200 e. The number of thiocarbonyl (C=S) groups is 1. The first-order chi connectivity index (χ1) is 11.1. The molecule has 0 aliphatic carbocycles. The van der Waals surface area contributed by atoms with Crippen molar-refractivity contribution in [2.75, 3.05) is 7.05 Å². The van der Waals surface area contributed by atoms with Crippen LogP contribution < -0.4 is 5.32 Å². The van der Waals surface area contributed by atoms with Crippen molar-refractivity contribution in [1.29, 1.82) is 0 Å². The summed E-state index contributed by atoms with van der Waals surface area (Å²) in [7, 11) is 1.80. The van der Waals surface area contributed by atoms with Gasteiger partial charge < -0.3 is 10.2 Å². The topological polar surface area (TPSA) is 27.6 Å². The van der Waals surface area contributed by atoms with Gasteiger partial charge in [0.2, 0.25) is 0 Å². The molecule has 0 saturated carbocycles. The van der Waals surface area contributed by atoms with Crippen molar-refractivity contribution in [3.8, 4) is 0 Å². The molecule has 0 atom stereocenters. The zero-order valence-corrected chi connectivity index (χ0v) is 14.5. The Hall–Kier alpha value is -2.20. The van der Waals surface area contributed by atoms with Crippen LogP contribution in [0.25, 0.3) is 0 Å². The average molecular weight is 323 g/mol. The highest BCUT2D eigenvalue weighted by molar-refractivity contribution is 7.80. The minimum Gasteiger partial charge on any atom is -0.336 e. The van der Waals surface area contributed by atoms with Crippen LogP contribution in [0.1, 0.15) is 25.0 Å². The SMILES string of the molecule is CN=C1NC(c2ccccc2)(c2ccccc2)C(=S)N1C(C)C. The third-order valence-corrected chi connectivity index (χ3v) is 4.71. The summed E-state index contributed by atoms with van der Waals surface area (Å²) in [5.74, 6) is 0.817. The van der Waals surface area contributed by atoms with Crippen molar-refractivity contribution < 1.29 is 0 Å². The molecule has 118 valence electrons. The summed E-state index contributed by atoms with van der Waals surface area (Å²) < 4.78 is 0. The molecule has 2 aromatic rings. The molecule has 0 amide bonds. The molecule has 1 aliphatic rings. The highest BCUT2D eigenvalue weighted by Crippen LogP contribution is 2.37. The second kappa shape index (κ2) is 6.13. The molecule has 3 nitrogen and oxygen atoms in total. The van der Waals surface area contributed by atoms with Gasteiger partial charge in [-0.15, -0.1) is 0 Å². The molecule has 0 bridgehead atoms. The summed E-state index contributed by atoms with van der Waals surface area (Å²) in [6.07, 6.45) is 0. The summed E-state index contributed by atoms with van der Waals surface area (Å²) in [6, 6.07) is 20.9. The lowest BCUT2D eigenvalue weighted by molar-refractivity contribution is 0.507. The third-order valence-electron chi connectivity index (χ3n) is 4.21. The Morgan fingerprint density at radius 3 is 1.78 bits per heavy atom. The van der Waals surface area contributed by atoms with Crippen molar-refractivity contribution in [3.63, 3.8) is 0 Å². The predicted octanol–water partition coefficient (Wildman–Crippen LogP) is 3.56. The van der Waals surface area contributed by atoms with Gasteiger partial charge in [-0.25, -0.2) is 0 Å². The van der Waals surface area contributed by atoms with Gasteiger partial charge in [0.1, 0.15) is 10.5 Å². The summed E-state index contributed by atoms with van der Waals surface area (Å²) in [4.78, 5) is 7.38. The minimum atomic E-state index is -0.559. The molecule has 1 saturated heterocycles. The molecule has 0 radical (unpaired) electrons. The third kappa shape index (κ3) is 2.43. The molecule has 1 heterocycles. The largest absolute Gasteiger partial charge is 0.336 e. The molecule has 4 heteroatoms. The Balaban J connectivity index is 2.25. The van der Waals surface area contributed by atoms with E-state index in [9.17, 15) is 0 Å². The van der Waals surface area contributed by atoms with Gasteiger partial charge in [0.05, 0.1) is 0 Å². The molecular weight excluding hydrogens is 302 g/mol. The summed E-state index contributed by atoms with van der Waals surface area (Å²) in [6.45, 7) is 4.26. The van der Waals surface area contributed by atoms with Gasteiger partial charge in [-0.3, -0.25) is 4.99 Å². The number of hydrogen-bond acceptors (Lipinski definition) is 2. The van der Waals surface area contributed by atoms with Crippen molar-refractivity contribution in [1.82, 2.24) is 10.2 Å². The standard InChI is InChI=1S/C19H21N3S/c1-14(2)22-17(23)19(21-18(22)20-3,15-10-6-4-7-11-15)16-12-8-5-9-13-16/h4-14H,1-3H3,(H,20,21). The molecule has 0 aromatic heterocycles. The smallest absolute Gasteiger partial charge is 0.200 e. The molecule has 3 rings (SSSR count). The normalized spacial score (nSPS) is 18.5.